The van der Waals surface area contributed by atoms with Gasteiger partial charge in [0.05, 0.1) is 47.8 Å². The Morgan fingerprint density at radius 2 is 1.60 bits per heavy atom. The predicted molar refractivity (Wildman–Crippen MR) is 286 cm³/mol. The Hall–Kier alpha value is -5.58. The van der Waals surface area contributed by atoms with Crippen molar-refractivity contribution in [2.75, 3.05) is 33.5 Å². The Labute approximate surface area is 434 Å². The van der Waals surface area contributed by atoms with Gasteiger partial charge in [-0.15, -0.1) is 11.8 Å². The van der Waals surface area contributed by atoms with Gasteiger partial charge in [0.25, 0.3) is 0 Å². The van der Waals surface area contributed by atoms with Crippen LogP contribution in [-0.4, -0.2) is 74.4 Å². The molecule has 0 aliphatic rings. The van der Waals surface area contributed by atoms with Crippen molar-refractivity contribution in [3.8, 4) is 22.6 Å². The average Bonchev–Trinajstić information content (AvgIpc) is 3.96. The smallest absolute Gasteiger partial charge is 0.355 e. The van der Waals surface area contributed by atoms with Crippen LogP contribution in [0.4, 0.5) is 0 Å². The van der Waals surface area contributed by atoms with E-state index in [0.29, 0.717) is 60.7 Å². The fourth-order valence-electron chi connectivity index (χ4n) is 8.80. The van der Waals surface area contributed by atoms with Crippen molar-refractivity contribution < 1.29 is 28.5 Å². The maximum absolute atomic E-state index is 14.0. The van der Waals surface area contributed by atoms with Crippen LogP contribution < -0.4 is 9.47 Å². The second-order valence-corrected chi connectivity index (χ2v) is 19.9. The summed E-state index contributed by atoms with van der Waals surface area (Å²) >= 11 is 16.1. The van der Waals surface area contributed by atoms with E-state index in [1.54, 1.807) is 31.0 Å². The maximum Gasteiger partial charge on any atom is 0.355 e. The first-order valence-electron chi connectivity index (χ1n) is 23.0. The van der Waals surface area contributed by atoms with Gasteiger partial charge in [0.1, 0.15) is 23.8 Å². The molecule has 12 nitrogen and oxygen atoms in total. The third-order valence-corrected chi connectivity index (χ3v) is 14.8. The topological polar surface area (TPSA) is 115 Å². The molecule has 5 aromatic carbocycles. The number of halogens is 3. The molecule has 0 N–H and O–H groups in total. The summed E-state index contributed by atoms with van der Waals surface area (Å²) in [6, 6.07) is 33.8. The van der Waals surface area contributed by atoms with Crippen LogP contribution in [0.1, 0.15) is 68.1 Å². The van der Waals surface area contributed by atoms with Gasteiger partial charge >= 0.3 is 11.9 Å². The van der Waals surface area contributed by atoms with Gasteiger partial charge in [0, 0.05) is 94.5 Å². The molecule has 0 amide bonds. The van der Waals surface area contributed by atoms with E-state index in [0.717, 1.165) is 87.8 Å². The molecule has 0 aliphatic heterocycles. The Morgan fingerprint density at radius 3 is 2.33 bits per heavy atom. The lowest BCUT2D eigenvalue weighted by atomic mass is 9.97. The quantitative estimate of drug-likeness (QED) is 0.0298. The second kappa shape index (κ2) is 23.1. The van der Waals surface area contributed by atoms with Crippen molar-refractivity contribution in [1.29, 1.82) is 0 Å². The second-order valence-electron chi connectivity index (χ2n) is 16.9. The molecule has 0 atom stereocenters. The molecule has 0 aliphatic carbocycles. The highest BCUT2D eigenvalue weighted by Crippen LogP contribution is 2.43. The van der Waals surface area contributed by atoms with E-state index in [1.165, 1.54) is 5.56 Å². The van der Waals surface area contributed by atoms with Gasteiger partial charge in [-0.25, -0.2) is 9.59 Å². The number of benzene rings is 5. The van der Waals surface area contributed by atoms with Gasteiger partial charge in [-0.1, -0.05) is 85.9 Å². The summed E-state index contributed by atoms with van der Waals surface area (Å²) in [5.41, 5.74) is 9.01. The van der Waals surface area contributed by atoms with Gasteiger partial charge < -0.3 is 23.5 Å². The lowest BCUT2D eigenvalue weighted by Crippen LogP contribution is -2.28. The lowest BCUT2D eigenvalue weighted by molar-refractivity contribution is 0.0451. The number of fused-ring (bicyclic) bond motifs is 2. The predicted octanol–water partition coefficient (Wildman–Crippen LogP) is 12.4. The highest BCUT2D eigenvalue weighted by atomic mass is 79.9. The van der Waals surface area contributed by atoms with Crippen molar-refractivity contribution in [1.82, 2.24) is 29.0 Å². The molecule has 8 rings (SSSR count). The van der Waals surface area contributed by atoms with Crippen molar-refractivity contribution in [3.05, 3.63) is 158 Å². The SMILES string of the molecule is CCOC(=O)c1c(CCCOc2cc(SCc3ccc(OC)cc3)cc3ccccc23)c2ccc(Cl)c(-c3c(CN(CCOC(=O)c4ccc(Br)cc4)Cc4cc(CBr)n(C)n4)nn(C)c3C)c2n1C. The summed E-state index contributed by atoms with van der Waals surface area (Å²) in [7, 11) is 7.41. The van der Waals surface area contributed by atoms with E-state index in [-0.39, 0.29) is 13.2 Å². The number of thioether (sulfide) groups is 1. The number of ether oxygens (including phenoxy) is 4. The van der Waals surface area contributed by atoms with E-state index in [4.69, 9.17) is 40.7 Å². The number of carbonyl (C=O) groups is 2. The molecular weight excluding hydrogens is 1060 g/mol. The molecule has 0 fully saturated rings. The van der Waals surface area contributed by atoms with Crippen molar-refractivity contribution in [2.45, 2.75) is 55.8 Å². The van der Waals surface area contributed by atoms with Gasteiger partial charge in [0.15, 0.2) is 0 Å². The minimum Gasteiger partial charge on any atom is -0.497 e. The Kier molecular flexibility index (Phi) is 16.8. The molecule has 3 aromatic heterocycles. The van der Waals surface area contributed by atoms with Crippen molar-refractivity contribution >= 4 is 88.8 Å². The summed E-state index contributed by atoms with van der Waals surface area (Å²) in [5.74, 6) is 1.65. The van der Waals surface area contributed by atoms with Crippen LogP contribution in [0.5, 0.6) is 11.5 Å². The van der Waals surface area contributed by atoms with Crippen LogP contribution in [-0.2, 0) is 61.2 Å². The fraction of sp³-hybridized carbons (Fsp3) is 0.296. The van der Waals surface area contributed by atoms with Crippen molar-refractivity contribution in [2.24, 2.45) is 21.1 Å². The largest absolute Gasteiger partial charge is 0.497 e. The number of nitrogens with zero attached hydrogens (tertiary/aromatic N) is 6. The zero-order chi connectivity index (χ0) is 49.5. The number of esters is 2. The number of carbonyl (C=O) groups excluding carboxylic acids is 2. The number of rotatable bonds is 21. The van der Waals surface area contributed by atoms with Gasteiger partial charge in [-0.2, -0.15) is 10.2 Å². The molecule has 0 saturated heterocycles. The minimum absolute atomic E-state index is 0.142. The standard InChI is InChI=1S/C54H55Br2ClN6O6S/c1-7-67-54(65)52-44(13-10-25-68-48-29-42(27-37-11-8-9-12-43(37)48)70-33-35-14-20-41(66-6)21-15-35)45-22-23-46(57)50(51(45)60(52)3)49-34(2)61(4)59-47(49)32-63(31-39-28-40(30-55)62(5)58-39)24-26-69-53(64)36-16-18-38(56)19-17-36/h8-9,11-12,14-23,27-29H,7,10,13,24-26,30-33H2,1-6H3. The summed E-state index contributed by atoms with van der Waals surface area (Å²) in [6.07, 6.45) is 1.17. The minimum atomic E-state index is -0.406. The summed E-state index contributed by atoms with van der Waals surface area (Å²) in [5, 5.41) is 14.1. The van der Waals surface area contributed by atoms with Crippen molar-refractivity contribution in [3.63, 3.8) is 0 Å². The van der Waals surface area contributed by atoms with Gasteiger partial charge in [0.2, 0.25) is 0 Å². The molecule has 0 bridgehead atoms. The van der Waals surface area contributed by atoms with E-state index in [1.807, 2.05) is 97.5 Å². The fourth-order valence-corrected chi connectivity index (χ4v) is 10.8. The zero-order valence-corrected chi connectivity index (χ0v) is 44.8. The average molecular weight is 1110 g/mol. The Balaban J connectivity index is 1.08. The molecular formula is C54H55Br2ClN6O6S. The molecule has 0 radical (unpaired) electrons. The highest BCUT2D eigenvalue weighted by Gasteiger charge is 2.29. The van der Waals surface area contributed by atoms with E-state index < -0.39 is 11.9 Å². The number of aromatic nitrogens is 5. The summed E-state index contributed by atoms with van der Waals surface area (Å²) < 4.78 is 30.0. The molecule has 8 aromatic rings. The summed E-state index contributed by atoms with van der Waals surface area (Å²) in [4.78, 5) is 30.4. The highest BCUT2D eigenvalue weighted by molar-refractivity contribution is 9.10. The van der Waals surface area contributed by atoms with Crippen LogP contribution in [0.3, 0.4) is 0 Å². The van der Waals surface area contributed by atoms with E-state index in [9.17, 15) is 9.59 Å². The number of hydrogen-bond acceptors (Lipinski definition) is 10. The molecule has 16 heteroatoms. The van der Waals surface area contributed by atoms with Crippen LogP contribution in [0, 0.1) is 6.92 Å². The number of aryl methyl sites for hydroxylation is 4. The number of methoxy groups -OCH3 is 1. The molecule has 70 heavy (non-hydrogen) atoms. The first kappa shape index (κ1) is 50.8. The molecule has 0 unspecified atom stereocenters. The molecule has 3 heterocycles. The normalized spacial score (nSPS) is 11.5. The number of alkyl halides is 1. The number of hydrogen-bond donors (Lipinski definition) is 0. The Bertz CT molecular complexity index is 3150. The van der Waals surface area contributed by atoms with E-state index >= 15 is 0 Å². The Morgan fingerprint density at radius 1 is 0.829 bits per heavy atom. The van der Waals surface area contributed by atoms with Crippen LogP contribution in [0.15, 0.2) is 112 Å². The molecule has 0 spiro atoms. The lowest BCUT2D eigenvalue weighted by Gasteiger charge is -2.21. The van der Waals surface area contributed by atoms with Gasteiger partial charge in [-0.05, 0) is 104 Å². The van der Waals surface area contributed by atoms with E-state index in [2.05, 4.69) is 79.2 Å². The monoisotopic (exact) mass is 1110 g/mol. The first-order chi connectivity index (χ1) is 33.9. The summed E-state index contributed by atoms with van der Waals surface area (Å²) in [6.45, 7) is 5.88. The third-order valence-electron chi connectivity index (χ3n) is 12.4. The molecule has 364 valence electrons. The molecule has 0 saturated carbocycles. The van der Waals surface area contributed by atoms with Crippen LogP contribution in [0.2, 0.25) is 5.02 Å². The zero-order valence-electron chi connectivity index (χ0n) is 40.1. The first-order valence-corrected chi connectivity index (χ1v) is 26.3. The van der Waals surface area contributed by atoms with Crippen LogP contribution >= 0.6 is 55.2 Å². The maximum atomic E-state index is 14.0. The van der Waals surface area contributed by atoms with Crippen LogP contribution in [0.25, 0.3) is 32.8 Å². The third kappa shape index (κ3) is 11.4. The van der Waals surface area contributed by atoms with Gasteiger partial charge in [-0.3, -0.25) is 14.3 Å².